The predicted octanol–water partition coefficient (Wildman–Crippen LogP) is 2.36. The number of carbonyl (C=O) groups excluding carboxylic acids is 1. The van der Waals surface area contributed by atoms with E-state index in [1.165, 1.54) is 0 Å². The molecule has 1 atom stereocenters. The number of rotatable bonds is 7. The molecule has 1 aromatic heterocycles. The first-order valence-corrected chi connectivity index (χ1v) is 7.28. The summed E-state index contributed by atoms with van der Waals surface area (Å²) in [5, 5.41) is 2.78. The lowest BCUT2D eigenvalue weighted by Crippen LogP contribution is -2.25. The fraction of sp³-hybridized carbons (Fsp3) is 0.615. The summed E-state index contributed by atoms with van der Waals surface area (Å²) in [5.74, 6) is 0.108. The molecule has 0 aromatic carbocycles. The van der Waals surface area contributed by atoms with Crippen molar-refractivity contribution in [1.82, 2.24) is 5.32 Å². The van der Waals surface area contributed by atoms with Crippen LogP contribution in [0.25, 0.3) is 0 Å². The largest absolute Gasteiger partial charge is 0.444 e. The summed E-state index contributed by atoms with van der Waals surface area (Å²) in [6.45, 7) is 2.70. The van der Waals surface area contributed by atoms with Crippen molar-refractivity contribution < 1.29 is 18.7 Å². The normalized spacial score (nSPS) is 18.7. The molecule has 6 heteroatoms. The second-order valence-corrected chi connectivity index (χ2v) is 5.20. The van der Waals surface area contributed by atoms with E-state index in [-0.39, 0.29) is 12.0 Å². The van der Waals surface area contributed by atoms with Gasteiger partial charge in [-0.15, -0.1) is 0 Å². The van der Waals surface area contributed by atoms with Gasteiger partial charge in [-0.3, -0.25) is 4.79 Å². The molecule has 106 valence electrons. The zero-order valence-corrected chi connectivity index (χ0v) is 12.3. The Morgan fingerprint density at radius 2 is 2.42 bits per heavy atom. The van der Waals surface area contributed by atoms with E-state index in [0.29, 0.717) is 30.2 Å². The molecule has 0 spiro atoms. The van der Waals surface area contributed by atoms with E-state index < -0.39 is 0 Å². The average Bonchev–Trinajstić information content (AvgIpc) is 3.04. The molecule has 1 N–H and O–H groups in total. The Kier molecular flexibility index (Phi) is 5.88. The number of amides is 1. The van der Waals surface area contributed by atoms with Gasteiger partial charge in [-0.2, -0.15) is 0 Å². The minimum absolute atomic E-state index is 0.204. The summed E-state index contributed by atoms with van der Waals surface area (Å²) in [7, 11) is 0. The molecule has 5 nitrogen and oxygen atoms in total. The minimum Gasteiger partial charge on any atom is -0.444 e. The molecule has 19 heavy (non-hydrogen) atoms. The third-order valence-corrected chi connectivity index (χ3v) is 3.30. The molecule has 1 saturated heterocycles. The molecule has 1 aliphatic heterocycles. The molecule has 1 fully saturated rings. The van der Waals surface area contributed by atoms with Gasteiger partial charge in [0.05, 0.1) is 12.7 Å². The Morgan fingerprint density at radius 3 is 3.11 bits per heavy atom. The third kappa shape index (κ3) is 4.97. The van der Waals surface area contributed by atoms with Crippen LogP contribution in [0.4, 0.5) is 0 Å². The zero-order valence-electron chi connectivity index (χ0n) is 10.7. The van der Waals surface area contributed by atoms with Crippen molar-refractivity contribution in [2.45, 2.75) is 25.4 Å². The Hall–Kier alpha value is -0.850. The molecule has 1 aliphatic rings. The maximum Gasteiger partial charge on any atom is 0.287 e. The van der Waals surface area contributed by atoms with Gasteiger partial charge in [-0.05, 0) is 47.3 Å². The van der Waals surface area contributed by atoms with Crippen LogP contribution in [0.1, 0.15) is 29.8 Å². The highest BCUT2D eigenvalue weighted by Crippen LogP contribution is 2.13. The summed E-state index contributed by atoms with van der Waals surface area (Å²) >= 11 is 3.16. The van der Waals surface area contributed by atoms with E-state index >= 15 is 0 Å². The Balaban J connectivity index is 1.50. The monoisotopic (exact) mass is 331 g/mol. The molecule has 0 radical (unpaired) electrons. The summed E-state index contributed by atoms with van der Waals surface area (Å²) in [5.41, 5.74) is 0. The zero-order chi connectivity index (χ0) is 13.5. The molecule has 2 heterocycles. The van der Waals surface area contributed by atoms with E-state index in [1.807, 2.05) is 0 Å². The van der Waals surface area contributed by atoms with E-state index in [4.69, 9.17) is 13.9 Å². The molecule has 1 amide bonds. The van der Waals surface area contributed by atoms with Crippen molar-refractivity contribution in [1.29, 1.82) is 0 Å². The van der Waals surface area contributed by atoms with Crippen LogP contribution in [-0.2, 0) is 9.47 Å². The smallest absolute Gasteiger partial charge is 0.287 e. The van der Waals surface area contributed by atoms with Gasteiger partial charge >= 0.3 is 0 Å². The highest BCUT2D eigenvalue weighted by molar-refractivity contribution is 9.10. The first kappa shape index (κ1) is 14.6. The molecular weight excluding hydrogens is 314 g/mol. The SMILES string of the molecule is O=C(NCCCOCC1CCCO1)c1ccc(Br)o1. The number of nitrogens with one attached hydrogen (secondary N) is 1. The summed E-state index contributed by atoms with van der Waals surface area (Å²) < 4.78 is 16.6. The van der Waals surface area contributed by atoms with E-state index in [2.05, 4.69) is 21.2 Å². The van der Waals surface area contributed by atoms with Crippen molar-refractivity contribution in [2.24, 2.45) is 0 Å². The second kappa shape index (κ2) is 7.67. The Labute approximate surface area is 120 Å². The third-order valence-electron chi connectivity index (χ3n) is 2.88. The topological polar surface area (TPSA) is 60.7 Å². The van der Waals surface area contributed by atoms with Crippen LogP contribution in [0.15, 0.2) is 21.2 Å². The number of hydrogen-bond acceptors (Lipinski definition) is 4. The number of carbonyl (C=O) groups is 1. The predicted molar refractivity (Wildman–Crippen MR) is 73.2 cm³/mol. The van der Waals surface area contributed by atoms with Gasteiger partial charge in [0.2, 0.25) is 0 Å². The summed E-state index contributed by atoms with van der Waals surface area (Å²) in [4.78, 5) is 11.6. The average molecular weight is 332 g/mol. The molecule has 0 saturated carbocycles. The van der Waals surface area contributed by atoms with Crippen LogP contribution >= 0.6 is 15.9 Å². The lowest BCUT2D eigenvalue weighted by Gasteiger charge is -2.10. The van der Waals surface area contributed by atoms with Gasteiger partial charge in [-0.1, -0.05) is 0 Å². The maximum absolute atomic E-state index is 11.6. The van der Waals surface area contributed by atoms with Crippen LogP contribution in [-0.4, -0.2) is 38.4 Å². The Bertz CT molecular complexity index is 401. The van der Waals surface area contributed by atoms with Crippen molar-refractivity contribution in [3.05, 3.63) is 22.6 Å². The standard InChI is InChI=1S/C13H18BrNO4/c14-12-5-4-11(19-12)13(16)15-6-2-7-17-9-10-3-1-8-18-10/h4-5,10H,1-3,6-9H2,(H,15,16). The highest BCUT2D eigenvalue weighted by atomic mass is 79.9. The quantitative estimate of drug-likeness (QED) is 0.779. The lowest BCUT2D eigenvalue weighted by molar-refractivity contribution is 0.0166. The van der Waals surface area contributed by atoms with Crippen LogP contribution in [0.5, 0.6) is 0 Å². The van der Waals surface area contributed by atoms with Crippen LogP contribution in [0, 0.1) is 0 Å². The molecule has 1 aromatic rings. The summed E-state index contributed by atoms with van der Waals surface area (Å²) in [6.07, 6.45) is 3.25. The number of halogens is 1. The van der Waals surface area contributed by atoms with Gasteiger partial charge in [0, 0.05) is 19.8 Å². The highest BCUT2D eigenvalue weighted by Gasteiger charge is 2.15. The first-order valence-electron chi connectivity index (χ1n) is 6.48. The molecule has 1 unspecified atom stereocenters. The molecule has 0 bridgehead atoms. The molecular formula is C13H18BrNO4. The van der Waals surface area contributed by atoms with E-state index in [9.17, 15) is 4.79 Å². The van der Waals surface area contributed by atoms with Gasteiger partial charge in [0.1, 0.15) is 0 Å². The van der Waals surface area contributed by atoms with Gasteiger partial charge in [0.25, 0.3) is 5.91 Å². The minimum atomic E-state index is -0.204. The number of hydrogen-bond donors (Lipinski definition) is 1. The first-order chi connectivity index (χ1) is 9.25. The lowest BCUT2D eigenvalue weighted by atomic mass is 10.2. The number of ether oxygens (including phenoxy) is 2. The molecule has 2 rings (SSSR count). The van der Waals surface area contributed by atoms with E-state index in [0.717, 1.165) is 25.9 Å². The fourth-order valence-corrected chi connectivity index (χ4v) is 2.20. The van der Waals surface area contributed by atoms with E-state index in [1.54, 1.807) is 12.1 Å². The van der Waals surface area contributed by atoms with Crippen molar-refractivity contribution >= 4 is 21.8 Å². The molecule has 0 aliphatic carbocycles. The maximum atomic E-state index is 11.6. The number of furan rings is 1. The van der Waals surface area contributed by atoms with Crippen LogP contribution < -0.4 is 5.32 Å². The van der Waals surface area contributed by atoms with Gasteiger partial charge in [0.15, 0.2) is 10.4 Å². The van der Waals surface area contributed by atoms with Crippen molar-refractivity contribution in [3.63, 3.8) is 0 Å². The van der Waals surface area contributed by atoms with Crippen molar-refractivity contribution in [3.8, 4) is 0 Å². The summed E-state index contributed by atoms with van der Waals surface area (Å²) in [6, 6.07) is 3.33. The van der Waals surface area contributed by atoms with Gasteiger partial charge < -0.3 is 19.2 Å². The van der Waals surface area contributed by atoms with Crippen LogP contribution in [0.3, 0.4) is 0 Å². The van der Waals surface area contributed by atoms with Crippen molar-refractivity contribution in [2.75, 3.05) is 26.4 Å². The Morgan fingerprint density at radius 1 is 1.53 bits per heavy atom. The van der Waals surface area contributed by atoms with Crippen LogP contribution in [0.2, 0.25) is 0 Å². The fourth-order valence-electron chi connectivity index (χ4n) is 1.89. The van der Waals surface area contributed by atoms with Gasteiger partial charge in [-0.25, -0.2) is 0 Å². The second-order valence-electron chi connectivity index (χ2n) is 4.42.